The molecule has 146 valence electrons. The SMILES string of the molecule is CC(CC(CCc1ccncc1)c1ccncc1)c1ccncc1.F.F.F. The molecule has 6 heteroatoms. The van der Waals surface area contributed by atoms with E-state index in [9.17, 15) is 0 Å². The molecule has 27 heavy (non-hydrogen) atoms. The largest absolute Gasteiger partial charge is 0.269 e. The van der Waals surface area contributed by atoms with E-state index in [1.54, 1.807) is 0 Å². The average Bonchev–Trinajstić information content (AvgIpc) is 2.67. The Hall–Kier alpha value is -2.76. The van der Waals surface area contributed by atoms with Crippen molar-refractivity contribution in [1.82, 2.24) is 15.0 Å². The van der Waals surface area contributed by atoms with Gasteiger partial charge in [0.15, 0.2) is 0 Å². The monoisotopic (exact) mass is 377 g/mol. The van der Waals surface area contributed by atoms with Crippen molar-refractivity contribution >= 4 is 0 Å². The normalized spacial score (nSPS) is 11.9. The van der Waals surface area contributed by atoms with E-state index in [0.29, 0.717) is 11.8 Å². The van der Waals surface area contributed by atoms with Crippen LogP contribution in [0.2, 0.25) is 0 Å². The number of rotatable bonds is 7. The summed E-state index contributed by atoms with van der Waals surface area (Å²) in [4.78, 5) is 12.4. The van der Waals surface area contributed by atoms with Gasteiger partial charge in [-0.15, -0.1) is 0 Å². The van der Waals surface area contributed by atoms with Gasteiger partial charge in [0.05, 0.1) is 0 Å². The average molecular weight is 377 g/mol. The van der Waals surface area contributed by atoms with Crippen LogP contribution in [0.3, 0.4) is 0 Å². The third-order valence-corrected chi connectivity index (χ3v) is 4.62. The van der Waals surface area contributed by atoms with Gasteiger partial charge in [0.25, 0.3) is 0 Å². The quantitative estimate of drug-likeness (QED) is 0.565. The van der Waals surface area contributed by atoms with Crippen molar-refractivity contribution in [2.24, 2.45) is 0 Å². The lowest BCUT2D eigenvalue weighted by atomic mass is 9.83. The molecular formula is C21H26F3N3. The van der Waals surface area contributed by atoms with Gasteiger partial charge in [0.1, 0.15) is 0 Å². The van der Waals surface area contributed by atoms with E-state index < -0.39 is 0 Å². The Bertz CT molecular complexity index is 727. The van der Waals surface area contributed by atoms with Crippen LogP contribution in [-0.2, 0) is 6.42 Å². The molecular weight excluding hydrogens is 351 g/mol. The third kappa shape index (κ3) is 7.17. The zero-order valence-corrected chi connectivity index (χ0v) is 15.3. The lowest BCUT2D eigenvalue weighted by Crippen LogP contribution is -2.06. The molecule has 3 aromatic heterocycles. The molecule has 2 unspecified atom stereocenters. The molecule has 0 spiro atoms. The maximum absolute atomic E-state index is 4.17. The zero-order chi connectivity index (χ0) is 16.6. The molecule has 0 saturated heterocycles. The van der Waals surface area contributed by atoms with Gasteiger partial charge in [-0.1, -0.05) is 6.92 Å². The Labute approximate surface area is 158 Å². The van der Waals surface area contributed by atoms with Crippen LogP contribution in [0.1, 0.15) is 48.3 Å². The second kappa shape index (κ2) is 12.6. The van der Waals surface area contributed by atoms with Gasteiger partial charge in [0.2, 0.25) is 0 Å². The second-order valence-electron chi connectivity index (χ2n) is 6.29. The third-order valence-electron chi connectivity index (χ3n) is 4.62. The Morgan fingerprint density at radius 1 is 0.667 bits per heavy atom. The summed E-state index contributed by atoms with van der Waals surface area (Å²) in [6, 6.07) is 12.8. The summed E-state index contributed by atoms with van der Waals surface area (Å²) in [5.74, 6) is 1.02. The summed E-state index contributed by atoms with van der Waals surface area (Å²) in [5, 5.41) is 0. The molecule has 0 aliphatic carbocycles. The van der Waals surface area contributed by atoms with Crippen LogP contribution in [-0.4, -0.2) is 15.0 Å². The smallest absolute Gasteiger partial charge is 0.0270 e. The lowest BCUT2D eigenvalue weighted by Gasteiger charge is -2.22. The molecule has 3 rings (SSSR count). The van der Waals surface area contributed by atoms with Crippen molar-refractivity contribution in [2.75, 3.05) is 0 Å². The predicted molar refractivity (Wildman–Crippen MR) is 104 cm³/mol. The van der Waals surface area contributed by atoms with Crippen molar-refractivity contribution in [1.29, 1.82) is 0 Å². The van der Waals surface area contributed by atoms with Crippen LogP contribution in [0.5, 0.6) is 0 Å². The van der Waals surface area contributed by atoms with Gasteiger partial charge in [0, 0.05) is 37.2 Å². The van der Waals surface area contributed by atoms with E-state index in [1.807, 2.05) is 37.2 Å². The number of pyridine rings is 3. The van der Waals surface area contributed by atoms with Gasteiger partial charge in [-0.25, -0.2) is 0 Å². The minimum absolute atomic E-state index is 0. The molecule has 0 N–H and O–H groups in total. The summed E-state index contributed by atoms with van der Waals surface area (Å²) in [6.45, 7) is 2.30. The fraction of sp³-hybridized carbons (Fsp3) is 0.286. The molecule has 2 atom stereocenters. The minimum atomic E-state index is 0. The van der Waals surface area contributed by atoms with Crippen LogP contribution in [0.25, 0.3) is 0 Å². The molecule has 3 nitrogen and oxygen atoms in total. The first-order chi connectivity index (χ1) is 11.8. The molecule has 0 radical (unpaired) electrons. The molecule has 0 amide bonds. The fourth-order valence-electron chi connectivity index (χ4n) is 3.20. The summed E-state index contributed by atoms with van der Waals surface area (Å²) in [6.07, 6.45) is 14.6. The lowest BCUT2D eigenvalue weighted by molar-refractivity contribution is 0.524. The number of hydrogen-bond donors (Lipinski definition) is 0. The Morgan fingerprint density at radius 2 is 1.11 bits per heavy atom. The van der Waals surface area contributed by atoms with E-state index in [0.717, 1.165) is 19.3 Å². The highest BCUT2D eigenvalue weighted by Crippen LogP contribution is 2.32. The Kier molecular flexibility index (Phi) is 11.3. The number of halogens is 3. The first kappa shape index (κ1) is 24.2. The Morgan fingerprint density at radius 3 is 1.63 bits per heavy atom. The topological polar surface area (TPSA) is 38.7 Å². The molecule has 0 bridgehead atoms. The number of aromatic nitrogens is 3. The van der Waals surface area contributed by atoms with Crippen molar-refractivity contribution in [3.8, 4) is 0 Å². The van der Waals surface area contributed by atoms with Gasteiger partial charge in [-0.2, -0.15) is 0 Å². The van der Waals surface area contributed by atoms with Crippen LogP contribution >= 0.6 is 0 Å². The summed E-state index contributed by atoms with van der Waals surface area (Å²) >= 11 is 0. The van der Waals surface area contributed by atoms with E-state index in [1.165, 1.54) is 16.7 Å². The second-order valence-corrected chi connectivity index (χ2v) is 6.29. The summed E-state index contributed by atoms with van der Waals surface area (Å²) in [5.41, 5.74) is 4.08. The van der Waals surface area contributed by atoms with Crippen molar-refractivity contribution < 1.29 is 14.1 Å². The number of nitrogens with zero attached hydrogens (tertiary/aromatic N) is 3. The zero-order valence-electron chi connectivity index (χ0n) is 15.3. The standard InChI is InChI=1S/C21H23N3.3FH/c1-17(19-6-12-23-13-7-19)16-21(20-8-14-24-15-9-20)3-2-18-4-10-22-11-5-18;;;/h4-15,17,21H,2-3,16H2,1H3;3*1H. The highest BCUT2D eigenvalue weighted by atomic mass is 19.0. The van der Waals surface area contributed by atoms with Crippen LogP contribution in [0, 0.1) is 0 Å². The molecule has 0 aliphatic heterocycles. The highest BCUT2D eigenvalue weighted by Gasteiger charge is 2.17. The van der Waals surface area contributed by atoms with Gasteiger partial charge in [-0.3, -0.25) is 29.1 Å². The Balaban J connectivity index is 0.00000225. The van der Waals surface area contributed by atoms with Crippen molar-refractivity contribution in [3.63, 3.8) is 0 Å². The van der Waals surface area contributed by atoms with Gasteiger partial charge in [-0.05, 0) is 84.2 Å². The highest BCUT2D eigenvalue weighted by molar-refractivity contribution is 5.21. The molecule has 3 aromatic rings. The number of hydrogen-bond acceptors (Lipinski definition) is 3. The number of aryl methyl sites for hydroxylation is 1. The van der Waals surface area contributed by atoms with Crippen molar-refractivity contribution in [3.05, 3.63) is 90.3 Å². The van der Waals surface area contributed by atoms with E-state index in [-0.39, 0.29) is 14.1 Å². The fourth-order valence-corrected chi connectivity index (χ4v) is 3.20. The molecule has 0 fully saturated rings. The van der Waals surface area contributed by atoms with Crippen LogP contribution in [0.15, 0.2) is 73.6 Å². The van der Waals surface area contributed by atoms with Crippen LogP contribution in [0.4, 0.5) is 14.1 Å². The summed E-state index contributed by atoms with van der Waals surface area (Å²) in [7, 11) is 0. The maximum atomic E-state index is 4.17. The molecule has 0 saturated carbocycles. The van der Waals surface area contributed by atoms with E-state index >= 15 is 0 Å². The van der Waals surface area contributed by atoms with E-state index in [2.05, 4.69) is 58.3 Å². The molecule has 0 aliphatic rings. The molecule has 3 heterocycles. The first-order valence-electron chi connectivity index (χ1n) is 8.51. The predicted octanol–water partition coefficient (Wildman–Crippen LogP) is 5.24. The molecule has 0 aromatic carbocycles. The maximum Gasteiger partial charge on any atom is 0.0270 e. The van der Waals surface area contributed by atoms with Gasteiger partial charge < -0.3 is 0 Å². The minimum Gasteiger partial charge on any atom is -0.269 e. The van der Waals surface area contributed by atoms with E-state index in [4.69, 9.17) is 0 Å². The first-order valence-corrected chi connectivity index (χ1v) is 8.51. The van der Waals surface area contributed by atoms with Crippen LogP contribution < -0.4 is 0 Å². The van der Waals surface area contributed by atoms with Gasteiger partial charge >= 0.3 is 0 Å². The summed E-state index contributed by atoms with van der Waals surface area (Å²) < 4.78 is 0. The van der Waals surface area contributed by atoms with Crippen molar-refractivity contribution in [2.45, 2.75) is 38.0 Å².